The van der Waals surface area contributed by atoms with Gasteiger partial charge in [0, 0.05) is 31.6 Å². The molecule has 1 aliphatic heterocycles. The summed E-state index contributed by atoms with van der Waals surface area (Å²) in [6.07, 6.45) is 4.24. The largest absolute Gasteiger partial charge is 0.497 e. The molecule has 0 bridgehead atoms. The first kappa shape index (κ1) is 21.5. The third kappa shape index (κ3) is 5.35. The minimum atomic E-state index is -3.68. The van der Waals surface area contributed by atoms with Crippen LogP contribution in [0.2, 0.25) is 0 Å². The molecule has 0 unspecified atom stereocenters. The number of carbonyl (C=O) groups is 1. The van der Waals surface area contributed by atoms with Crippen LogP contribution >= 0.6 is 0 Å². The molecule has 8 heteroatoms. The number of amides is 1. The number of nitrogens with one attached hydrogen (secondary N) is 1. The summed E-state index contributed by atoms with van der Waals surface area (Å²) in [4.78, 5) is 12.4. The van der Waals surface area contributed by atoms with Crippen LogP contribution in [0.15, 0.2) is 23.1 Å². The van der Waals surface area contributed by atoms with Crippen molar-refractivity contribution >= 4 is 15.9 Å². The van der Waals surface area contributed by atoms with E-state index in [4.69, 9.17) is 9.47 Å². The average Bonchev–Trinajstić information content (AvgIpc) is 2.70. The molecule has 2 rings (SSSR count). The minimum Gasteiger partial charge on any atom is -0.497 e. The Balaban J connectivity index is 1.99. The van der Waals surface area contributed by atoms with Gasteiger partial charge in [-0.25, -0.2) is 8.42 Å². The van der Waals surface area contributed by atoms with E-state index < -0.39 is 10.0 Å². The molecule has 0 radical (unpaired) electrons. The molecular weight excluding hydrogens is 368 g/mol. The van der Waals surface area contributed by atoms with Crippen LogP contribution in [0, 0.1) is 5.92 Å². The smallest absolute Gasteiger partial charge is 0.246 e. The number of unbranched alkanes of at least 4 members (excludes halogenated alkanes) is 2. The predicted octanol–water partition coefficient (Wildman–Crippen LogP) is 2.41. The van der Waals surface area contributed by atoms with Gasteiger partial charge in [-0.3, -0.25) is 4.79 Å². The molecular formula is C19H30N2O5S. The third-order valence-electron chi connectivity index (χ3n) is 4.89. The summed E-state index contributed by atoms with van der Waals surface area (Å²) in [5.41, 5.74) is 0. The Kier molecular flexibility index (Phi) is 7.91. The van der Waals surface area contributed by atoms with Crippen LogP contribution in [-0.2, 0) is 14.8 Å². The highest BCUT2D eigenvalue weighted by Gasteiger charge is 2.33. The maximum absolute atomic E-state index is 13.0. The minimum absolute atomic E-state index is 0.0326. The second-order valence-corrected chi connectivity index (χ2v) is 8.60. The molecule has 1 aliphatic rings. The van der Waals surface area contributed by atoms with Crippen molar-refractivity contribution < 1.29 is 22.7 Å². The summed E-state index contributed by atoms with van der Waals surface area (Å²) >= 11 is 0. The second-order valence-electron chi connectivity index (χ2n) is 6.69. The van der Waals surface area contributed by atoms with Crippen molar-refractivity contribution in [1.82, 2.24) is 9.62 Å². The molecule has 0 aliphatic carbocycles. The molecule has 0 spiro atoms. The fourth-order valence-corrected chi connectivity index (χ4v) is 4.82. The normalized spacial score (nSPS) is 16.1. The van der Waals surface area contributed by atoms with Gasteiger partial charge in [0.2, 0.25) is 15.9 Å². The zero-order chi connectivity index (χ0) is 19.9. The van der Waals surface area contributed by atoms with Gasteiger partial charge in [-0.15, -0.1) is 0 Å². The topological polar surface area (TPSA) is 84.9 Å². The Hall–Kier alpha value is -1.80. The Morgan fingerprint density at radius 2 is 1.89 bits per heavy atom. The van der Waals surface area contributed by atoms with Gasteiger partial charge in [-0.05, 0) is 31.4 Å². The van der Waals surface area contributed by atoms with E-state index in [9.17, 15) is 13.2 Å². The lowest BCUT2D eigenvalue weighted by Crippen LogP contribution is -2.43. The Bertz CT molecular complexity index is 728. The number of piperidine rings is 1. The summed E-state index contributed by atoms with van der Waals surface area (Å²) in [5.74, 6) is 0.690. The lowest BCUT2D eigenvalue weighted by molar-refractivity contribution is -0.126. The van der Waals surface area contributed by atoms with Crippen molar-refractivity contribution in [2.24, 2.45) is 5.92 Å². The molecule has 1 aromatic carbocycles. The van der Waals surface area contributed by atoms with Crippen LogP contribution in [-0.4, -0.2) is 52.5 Å². The van der Waals surface area contributed by atoms with Crippen molar-refractivity contribution in [3.05, 3.63) is 18.2 Å². The van der Waals surface area contributed by atoms with Gasteiger partial charge in [0.05, 0.1) is 14.2 Å². The van der Waals surface area contributed by atoms with Gasteiger partial charge in [0.25, 0.3) is 0 Å². The first-order chi connectivity index (χ1) is 12.9. The number of rotatable bonds is 9. The second kappa shape index (κ2) is 9.94. The summed E-state index contributed by atoms with van der Waals surface area (Å²) in [6.45, 7) is 3.46. The van der Waals surface area contributed by atoms with E-state index >= 15 is 0 Å². The van der Waals surface area contributed by atoms with Gasteiger partial charge < -0.3 is 14.8 Å². The van der Waals surface area contributed by atoms with Crippen molar-refractivity contribution in [1.29, 1.82) is 0 Å². The number of carbonyl (C=O) groups excluding carboxylic acids is 1. The van der Waals surface area contributed by atoms with Crippen LogP contribution in [0.4, 0.5) is 0 Å². The predicted molar refractivity (Wildman–Crippen MR) is 104 cm³/mol. The SMILES string of the molecule is CCCCCNC(=O)C1CCN(S(=O)(=O)c2ccc(OC)cc2OC)CC1. The molecule has 1 aromatic rings. The molecule has 0 saturated carbocycles. The first-order valence-corrected chi connectivity index (χ1v) is 10.9. The summed E-state index contributed by atoms with van der Waals surface area (Å²) < 4.78 is 37.8. The van der Waals surface area contributed by atoms with E-state index in [1.54, 1.807) is 12.1 Å². The molecule has 1 N–H and O–H groups in total. The van der Waals surface area contributed by atoms with Crippen molar-refractivity contribution in [2.45, 2.75) is 43.9 Å². The van der Waals surface area contributed by atoms with Crippen molar-refractivity contribution in [3.63, 3.8) is 0 Å². The van der Waals surface area contributed by atoms with E-state index in [1.807, 2.05) is 0 Å². The maximum Gasteiger partial charge on any atom is 0.246 e. The molecule has 7 nitrogen and oxygen atoms in total. The molecule has 1 saturated heterocycles. The molecule has 0 aromatic heterocycles. The monoisotopic (exact) mass is 398 g/mol. The van der Waals surface area contributed by atoms with Crippen LogP contribution < -0.4 is 14.8 Å². The van der Waals surface area contributed by atoms with Gasteiger partial charge in [-0.2, -0.15) is 4.31 Å². The fourth-order valence-electron chi connectivity index (χ4n) is 3.22. The number of benzene rings is 1. The van der Waals surface area contributed by atoms with Crippen molar-refractivity contribution in [3.8, 4) is 11.5 Å². The van der Waals surface area contributed by atoms with E-state index in [-0.39, 0.29) is 22.5 Å². The number of sulfonamides is 1. The number of ether oxygens (including phenoxy) is 2. The van der Waals surface area contributed by atoms with E-state index in [2.05, 4.69) is 12.2 Å². The van der Waals surface area contributed by atoms with Gasteiger partial charge in [0.15, 0.2) is 0 Å². The number of nitrogens with zero attached hydrogens (tertiary/aromatic N) is 1. The highest BCUT2D eigenvalue weighted by Crippen LogP contribution is 2.32. The van der Waals surface area contributed by atoms with Crippen LogP contribution in [0.25, 0.3) is 0 Å². The summed E-state index contributed by atoms with van der Waals surface area (Å²) in [6, 6.07) is 4.66. The zero-order valence-corrected chi connectivity index (χ0v) is 17.2. The zero-order valence-electron chi connectivity index (χ0n) is 16.4. The lowest BCUT2D eigenvalue weighted by atomic mass is 9.97. The number of methoxy groups -OCH3 is 2. The van der Waals surface area contributed by atoms with Gasteiger partial charge >= 0.3 is 0 Å². The van der Waals surface area contributed by atoms with E-state index in [1.165, 1.54) is 24.6 Å². The fraction of sp³-hybridized carbons (Fsp3) is 0.632. The standard InChI is InChI=1S/C19H30N2O5S/c1-4-5-6-11-20-19(22)15-9-12-21(13-10-15)27(23,24)18-8-7-16(25-2)14-17(18)26-3/h7-8,14-15H,4-6,9-13H2,1-3H3,(H,20,22). The van der Waals surface area contributed by atoms with Crippen molar-refractivity contribution in [2.75, 3.05) is 33.9 Å². The Morgan fingerprint density at radius 3 is 2.48 bits per heavy atom. The summed E-state index contributed by atoms with van der Waals surface area (Å²) in [7, 11) is -0.734. The molecule has 1 fully saturated rings. The average molecular weight is 399 g/mol. The van der Waals surface area contributed by atoms with Gasteiger partial charge in [-0.1, -0.05) is 19.8 Å². The van der Waals surface area contributed by atoms with E-state index in [0.717, 1.165) is 19.3 Å². The first-order valence-electron chi connectivity index (χ1n) is 9.44. The number of hydrogen-bond acceptors (Lipinski definition) is 5. The Morgan fingerprint density at radius 1 is 1.19 bits per heavy atom. The van der Waals surface area contributed by atoms with E-state index in [0.29, 0.717) is 38.2 Å². The quantitative estimate of drug-likeness (QED) is 0.646. The maximum atomic E-state index is 13.0. The number of hydrogen-bond donors (Lipinski definition) is 1. The molecule has 27 heavy (non-hydrogen) atoms. The lowest BCUT2D eigenvalue weighted by Gasteiger charge is -2.31. The Labute approximate surface area is 162 Å². The highest BCUT2D eigenvalue weighted by molar-refractivity contribution is 7.89. The molecule has 1 amide bonds. The van der Waals surface area contributed by atoms with Crippen LogP contribution in [0.5, 0.6) is 11.5 Å². The summed E-state index contributed by atoms with van der Waals surface area (Å²) in [5, 5.41) is 2.96. The van der Waals surface area contributed by atoms with Crippen LogP contribution in [0.1, 0.15) is 39.0 Å². The molecule has 0 atom stereocenters. The molecule has 1 heterocycles. The highest BCUT2D eigenvalue weighted by atomic mass is 32.2. The molecule has 152 valence electrons. The van der Waals surface area contributed by atoms with Gasteiger partial charge in [0.1, 0.15) is 16.4 Å². The third-order valence-corrected chi connectivity index (χ3v) is 6.83. The van der Waals surface area contributed by atoms with Crippen LogP contribution in [0.3, 0.4) is 0 Å².